The van der Waals surface area contributed by atoms with E-state index in [1.807, 2.05) is 58.1 Å². The molecule has 462 valence electrons. The molecule has 3 aliphatic rings. The van der Waals surface area contributed by atoms with Crippen molar-refractivity contribution in [3.05, 3.63) is 145 Å². The Morgan fingerprint density at radius 3 is 2.14 bits per heavy atom. The van der Waals surface area contributed by atoms with Crippen LogP contribution in [0.2, 0.25) is 0 Å². The van der Waals surface area contributed by atoms with Crippen molar-refractivity contribution < 1.29 is 56.2 Å². The van der Waals surface area contributed by atoms with Gasteiger partial charge in [-0.2, -0.15) is 4.58 Å². The summed E-state index contributed by atoms with van der Waals surface area (Å²) in [7, 11) is -4.81. The molecule has 0 saturated carbocycles. The van der Waals surface area contributed by atoms with Crippen molar-refractivity contribution in [3.8, 4) is 0 Å². The molecule has 3 aliphatic heterocycles. The monoisotopic (exact) mass is 1200 g/mol. The Morgan fingerprint density at radius 1 is 0.802 bits per heavy atom. The highest BCUT2D eigenvalue weighted by Gasteiger charge is 2.45. The van der Waals surface area contributed by atoms with Crippen LogP contribution in [-0.4, -0.2) is 118 Å². The van der Waals surface area contributed by atoms with E-state index in [0.29, 0.717) is 81.5 Å². The molecular formula is C62H80N10O13S. The van der Waals surface area contributed by atoms with Crippen LogP contribution < -0.4 is 31.9 Å². The lowest BCUT2D eigenvalue weighted by Crippen LogP contribution is -2.54. The second-order valence-electron chi connectivity index (χ2n) is 23.5. The zero-order chi connectivity index (χ0) is 63.3. The molecule has 3 heterocycles. The van der Waals surface area contributed by atoms with Gasteiger partial charge >= 0.3 is 0 Å². The van der Waals surface area contributed by atoms with E-state index in [0.717, 1.165) is 35.9 Å². The number of anilines is 1. The summed E-state index contributed by atoms with van der Waals surface area (Å²) in [6.07, 6.45) is 18.4. The third kappa shape index (κ3) is 17.2. The Morgan fingerprint density at radius 2 is 1.49 bits per heavy atom. The highest BCUT2D eigenvalue weighted by atomic mass is 32.2. The number of non-ortho nitro benzene ring substituents is 2. The van der Waals surface area contributed by atoms with Crippen LogP contribution in [0, 0.1) is 33.1 Å². The molecule has 6 N–H and O–H groups in total. The van der Waals surface area contributed by atoms with Gasteiger partial charge < -0.3 is 41.4 Å². The first-order chi connectivity index (χ1) is 40.5. The van der Waals surface area contributed by atoms with Crippen molar-refractivity contribution in [2.45, 2.75) is 160 Å². The van der Waals surface area contributed by atoms with Gasteiger partial charge in [0.1, 0.15) is 28.2 Å². The number of hydrogen-bond acceptors (Lipinski definition) is 14. The van der Waals surface area contributed by atoms with E-state index in [2.05, 4.69) is 71.2 Å². The van der Waals surface area contributed by atoms with Crippen LogP contribution in [0.25, 0.3) is 0 Å². The normalized spacial score (nSPS) is 17.3. The predicted molar refractivity (Wildman–Crippen MR) is 324 cm³/mol. The Labute approximate surface area is 502 Å². The number of nitrogens with two attached hydrogens (primary N) is 1. The Kier molecular flexibility index (Phi) is 22.6. The first-order valence-corrected chi connectivity index (χ1v) is 30.4. The SMILES string of the molecule is CC(=O)NC(CC(C)C)C(=O)N1CCCC1C(=O)NCC(=O)NC(CCCCNC(=O)CCCCCN1/C(=C/C=C/C=C/C=C/C2=[N+](Cc3cc([N+](=O)[O-])cc([N+](=O)[O-])c3)c3ccc(S(=O)(=O)[O-])cc3C2(C)C)C(C)(C)c2cc(C)ccc21)C(N)=O. The molecule has 1 saturated heterocycles. The van der Waals surface area contributed by atoms with Gasteiger partial charge in [-0.3, -0.25) is 49.0 Å². The van der Waals surface area contributed by atoms with E-state index in [1.165, 1.54) is 47.7 Å². The van der Waals surface area contributed by atoms with Gasteiger partial charge in [0.25, 0.3) is 11.4 Å². The molecule has 0 radical (unpaired) electrons. The molecule has 24 heteroatoms. The van der Waals surface area contributed by atoms with E-state index in [4.69, 9.17) is 5.73 Å². The van der Waals surface area contributed by atoms with Crippen LogP contribution in [-0.2, 0) is 56.3 Å². The molecule has 0 aromatic heterocycles. The Hall–Kier alpha value is -8.38. The van der Waals surface area contributed by atoms with E-state index >= 15 is 0 Å². The predicted octanol–water partition coefficient (Wildman–Crippen LogP) is 7.12. The number of hydrogen-bond donors (Lipinski definition) is 5. The standard InChI is InChI=1S/C62H80N10O13S/c1-40(2)32-50(66-42(4)73)60(78)69-31-19-21-53(69)59(77)65-38-57(75)67-49(58(63)76)20-16-17-29-64-56(74)24-15-12-18-30-68-51-27-25-41(3)33-47(51)61(5,6)54(68)22-13-10-9-11-14-23-55-62(7,8)48-37-46(86(83,84)85)26-28-52(48)70(55)39-43-34-44(71(79)80)36-45(35-43)72(81)82/h9-11,13-14,22-23,25-28,33-37,40,49-50,53H,12,15-21,24,29-32,38-39H2,1-8H3,(H6-,63,64,65,66,67,73,74,75,76,77,83,84,85). The number of carbonyl (C=O) groups excluding carboxylic acids is 6. The summed E-state index contributed by atoms with van der Waals surface area (Å²) in [6.45, 7) is 16.3. The van der Waals surface area contributed by atoms with Crippen molar-refractivity contribution in [1.82, 2.24) is 26.2 Å². The lowest BCUT2D eigenvalue weighted by atomic mass is 9.81. The molecule has 3 unspecified atom stereocenters. The fourth-order valence-corrected chi connectivity index (χ4v) is 11.9. The lowest BCUT2D eigenvalue weighted by molar-refractivity contribution is -0.455. The largest absolute Gasteiger partial charge is 0.744 e. The van der Waals surface area contributed by atoms with E-state index in [-0.39, 0.29) is 47.6 Å². The van der Waals surface area contributed by atoms with E-state index < -0.39 is 84.0 Å². The van der Waals surface area contributed by atoms with Crippen LogP contribution in [0.5, 0.6) is 0 Å². The molecule has 0 bridgehead atoms. The smallest absolute Gasteiger partial charge is 0.276 e. The number of benzene rings is 3. The van der Waals surface area contributed by atoms with Gasteiger partial charge in [0, 0.05) is 85.2 Å². The maximum Gasteiger partial charge on any atom is 0.276 e. The van der Waals surface area contributed by atoms with Crippen LogP contribution >= 0.6 is 0 Å². The van der Waals surface area contributed by atoms with E-state index in [9.17, 15) is 62.0 Å². The summed E-state index contributed by atoms with van der Waals surface area (Å²) in [5, 5.41) is 34.3. The second-order valence-corrected chi connectivity index (χ2v) is 24.9. The first kappa shape index (κ1) is 66.8. The number of carbonyl (C=O) groups is 6. The number of nitrogens with zero attached hydrogens (tertiary/aromatic N) is 5. The molecule has 0 spiro atoms. The Balaban J connectivity index is 0.990. The second kappa shape index (κ2) is 29.1. The van der Waals surface area contributed by atoms with Gasteiger partial charge in [0.2, 0.25) is 41.1 Å². The average molecular weight is 1210 g/mol. The summed E-state index contributed by atoms with van der Waals surface area (Å²) in [5.41, 5.74) is 10.0. The molecule has 0 aliphatic carbocycles. The summed E-state index contributed by atoms with van der Waals surface area (Å²) >= 11 is 0. The van der Waals surface area contributed by atoms with Crippen molar-refractivity contribution >= 4 is 74.0 Å². The zero-order valence-corrected chi connectivity index (χ0v) is 51.0. The van der Waals surface area contributed by atoms with Gasteiger partial charge in [-0.25, -0.2) is 8.42 Å². The first-order valence-electron chi connectivity index (χ1n) is 29.0. The van der Waals surface area contributed by atoms with Gasteiger partial charge in [0.15, 0.2) is 12.3 Å². The number of amides is 6. The van der Waals surface area contributed by atoms with Crippen LogP contribution in [0.3, 0.4) is 0 Å². The fourth-order valence-electron chi connectivity index (χ4n) is 11.4. The molecular weight excluding hydrogens is 1120 g/mol. The number of primary amides is 1. The number of aryl methyl sites for hydroxylation is 1. The molecule has 1 fully saturated rings. The van der Waals surface area contributed by atoms with Crippen LogP contribution in [0.15, 0.2) is 108 Å². The van der Waals surface area contributed by atoms with Gasteiger partial charge in [0.05, 0.1) is 32.8 Å². The highest BCUT2D eigenvalue weighted by Crippen LogP contribution is 2.48. The number of likely N-dealkylation sites (tertiary alicyclic amines) is 1. The third-order valence-corrected chi connectivity index (χ3v) is 16.6. The topological polar surface area (TPSA) is 330 Å². The van der Waals surface area contributed by atoms with Crippen molar-refractivity contribution in [2.75, 3.05) is 31.1 Å². The maximum atomic E-state index is 13.4. The summed E-state index contributed by atoms with van der Waals surface area (Å²) in [4.78, 5) is 102. The number of allylic oxidation sites excluding steroid dienone is 8. The summed E-state index contributed by atoms with van der Waals surface area (Å²) < 4.78 is 38.0. The fraction of sp³-hybridized carbons (Fsp3) is 0.468. The highest BCUT2D eigenvalue weighted by molar-refractivity contribution is 7.85. The van der Waals surface area contributed by atoms with Crippen LogP contribution in [0.4, 0.5) is 22.7 Å². The third-order valence-electron chi connectivity index (χ3n) is 15.7. The number of unbranched alkanes of at least 4 members (excludes halogenated alkanes) is 3. The molecule has 6 amide bonds. The molecule has 86 heavy (non-hydrogen) atoms. The minimum Gasteiger partial charge on any atom is -0.744 e. The lowest BCUT2D eigenvalue weighted by Gasteiger charge is -2.29. The molecule has 23 nitrogen and oxygen atoms in total. The van der Waals surface area contributed by atoms with Gasteiger partial charge in [-0.15, -0.1) is 0 Å². The Bertz CT molecular complexity index is 3350. The number of nitro groups is 2. The number of rotatable bonds is 29. The number of fused-ring (bicyclic) bond motifs is 2. The summed E-state index contributed by atoms with van der Waals surface area (Å²) in [5.74, 6) is -2.54. The van der Waals surface area contributed by atoms with E-state index in [1.54, 1.807) is 10.7 Å². The number of nitro benzene ring substituents is 2. The van der Waals surface area contributed by atoms with Crippen molar-refractivity contribution in [2.24, 2.45) is 11.7 Å². The average Bonchev–Trinajstić information content (AvgIpc) is 1.61. The van der Waals surface area contributed by atoms with Crippen molar-refractivity contribution in [1.29, 1.82) is 0 Å². The molecule has 6 rings (SSSR count). The summed E-state index contributed by atoms with van der Waals surface area (Å²) in [6, 6.07) is 11.3. The van der Waals surface area contributed by atoms with Gasteiger partial charge in [-0.1, -0.05) is 82.2 Å². The quantitative estimate of drug-likeness (QED) is 0.0115. The van der Waals surface area contributed by atoms with Gasteiger partial charge in [-0.05, 0) is 108 Å². The zero-order valence-electron chi connectivity index (χ0n) is 50.2. The van der Waals surface area contributed by atoms with Crippen molar-refractivity contribution in [3.63, 3.8) is 0 Å². The minimum atomic E-state index is -4.81. The molecule has 3 atom stereocenters. The number of nitrogens with one attached hydrogen (secondary N) is 4. The molecule has 3 aromatic rings. The molecule has 3 aromatic carbocycles. The van der Waals surface area contributed by atoms with Crippen LogP contribution in [0.1, 0.15) is 135 Å². The minimum absolute atomic E-state index is 0.0377. The maximum absolute atomic E-state index is 13.4.